The highest BCUT2D eigenvalue weighted by Gasteiger charge is 2.12. The number of pyridine rings is 1. The van der Waals surface area contributed by atoms with Crippen LogP contribution >= 0.6 is 11.6 Å². The Morgan fingerprint density at radius 3 is 2.65 bits per heavy atom. The van der Waals surface area contributed by atoms with E-state index in [-0.39, 0.29) is 10.9 Å². The van der Waals surface area contributed by atoms with Crippen LogP contribution in [-0.4, -0.2) is 16.8 Å². The minimum absolute atomic E-state index is 0.274. The molecule has 2 rings (SSSR count). The lowest BCUT2D eigenvalue weighted by Gasteiger charge is -2.10. The van der Waals surface area contributed by atoms with Gasteiger partial charge in [-0.1, -0.05) is 11.6 Å². The van der Waals surface area contributed by atoms with Crippen molar-refractivity contribution in [3.8, 4) is 0 Å². The number of rotatable bonds is 3. The van der Waals surface area contributed by atoms with Crippen LogP contribution in [0.15, 0.2) is 36.7 Å². The topological polar surface area (TPSA) is 85.1 Å². The van der Waals surface area contributed by atoms with Gasteiger partial charge in [0.1, 0.15) is 0 Å². The predicted molar refractivity (Wildman–Crippen MR) is 76.9 cm³/mol. The van der Waals surface area contributed by atoms with Gasteiger partial charge in [0.2, 0.25) is 5.91 Å². The quantitative estimate of drug-likeness (QED) is 0.910. The monoisotopic (exact) mass is 289 g/mol. The van der Waals surface area contributed by atoms with Crippen LogP contribution in [-0.2, 0) is 0 Å². The van der Waals surface area contributed by atoms with E-state index in [4.69, 9.17) is 17.3 Å². The Morgan fingerprint density at radius 2 is 2.05 bits per heavy atom. The molecule has 0 aliphatic rings. The number of aryl methyl sites for hydroxylation is 1. The number of aromatic nitrogens is 1. The highest BCUT2D eigenvalue weighted by atomic mass is 35.5. The molecule has 3 N–H and O–H groups in total. The summed E-state index contributed by atoms with van der Waals surface area (Å²) in [6.07, 6.45) is 2.89. The van der Waals surface area contributed by atoms with Gasteiger partial charge in [0.25, 0.3) is 5.91 Å². The number of nitrogens with zero attached hydrogens (tertiary/aromatic N) is 1. The molecule has 0 bridgehead atoms. The van der Waals surface area contributed by atoms with Crippen molar-refractivity contribution in [1.29, 1.82) is 0 Å². The van der Waals surface area contributed by atoms with Gasteiger partial charge in [0.05, 0.1) is 10.6 Å². The van der Waals surface area contributed by atoms with Gasteiger partial charge in [0.15, 0.2) is 0 Å². The number of carbonyl (C=O) groups is 2. The first-order chi connectivity index (χ1) is 9.49. The second kappa shape index (κ2) is 5.71. The number of nitrogens with one attached hydrogen (secondary N) is 1. The van der Waals surface area contributed by atoms with Crippen LogP contribution < -0.4 is 11.1 Å². The smallest absolute Gasteiger partial charge is 0.257 e. The van der Waals surface area contributed by atoms with Gasteiger partial charge in [-0.3, -0.25) is 14.6 Å². The molecule has 0 unspecified atom stereocenters. The SMILES string of the molecule is Cc1cc(C(N)=O)ccc1NC(=O)c1ccncc1Cl. The molecule has 5 nitrogen and oxygen atoms in total. The Hall–Kier alpha value is -2.40. The fourth-order valence-electron chi connectivity index (χ4n) is 1.71. The average Bonchev–Trinajstić information content (AvgIpc) is 2.41. The van der Waals surface area contributed by atoms with E-state index in [9.17, 15) is 9.59 Å². The van der Waals surface area contributed by atoms with Crippen molar-refractivity contribution < 1.29 is 9.59 Å². The van der Waals surface area contributed by atoms with Gasteiger partial charge < -0.3 is 11.1 Å². The maximum atomic E-state index is 12.1. The summed E-state index contributed by atoms with van der Waals surface area (Å²) in [5.41, 5.74) is 7.25. The van der Waals surface area contributed by atoms with Crippen LogP contribution in [0.3, 0.4) is 0 Å². The van der Waals surface area contributed by atoms with E-state index < -0.39 is 5.91 Å². The zero-order chi connectivity index (χ0) is 14.7. The number of hydrogen-bond acceptors (Lipinski definition) is 3. The molecule has 1 aromatic heterocycles. The first-order valence-electron chi connectivity index (χ1n) is 5.80. The summed E-state index contributed by atoms with van der Waals surface area (Å²) in [5, 5.41) is 3.00. The third-order valence-corrected chi connectivity index (χ3v) is 3.08. The van der Waals surface area contributed by atoms with Crippen molar-refractivity contribution in [2.24, 2.45) is 5.73 Å². The van der Waals surface area contributed by atoms with Crippen LogP contribution in [0.2, 0.25) is 5.02 Å². The van der Waals surface area contributed by atoms with Crippen molar-refractivity contribution in [2.75, 3.05) is 5.32 Å². The average molecular weight is 290 g/mol. The number of carbonyl (C=O) groups excluding carboxylic acids is 2. The number of amides is 2. The molecule has 0 fully saturated rings. The standard InChI is InChI=1S/C14H12ClN3O2/c1-8-6-9(13(16)19)2-3-12(8)18-14(20)10-4-5-17-7-11(10)15/h2-7H,1H3,(H2,16,19)(H,18,20). The molecule has 102 valence electrons. The Balaban J connectivity index is 2.25. The lowest BCUT2D eigenvalue weighted by molar-refractivity contribution is 0.0998. The molecule has 20 heavy (non-hydrogen) atoms. The Kier molecular flexibility index (Phi) is 4.00. The van der Waals surface area contributed by atoms with Crippen LogP contribution in [0.25, 0.3) is 0 Å². The van der Waals surface area contributed by atoms with E-state index in [0.717, 1.165) is 5.56 Å². The number of nitrogens with two attached hydrogens (primary N) is 1. The Labute approximate surface area is 120 Å². The molecule has 0 radical (unpaired) electrons. The van der Waals surface area contributed by atoms with Crippen LogP contribution in [0.5, 0.6) is 0 Å². The normalized spacial score (nSPS) is 10.1. The molecule has 0 spiro atoms. The summed E-state index contributed by atoms with van der Waals surface area (Å²) >= 11 is 5.91. The second-order valence-corrected chi connectivity index (χ2v) is 4.61. The van der Waals surface area contributed by atoms with E-state index >= 15 is 0 Å². The summed E-state index contributed by atoms with van der Waals surface area (Å²) < 4.78 is 0. The highest BCUT2D eigenvalue weighted by Crippen LogP contribution is 2.19. The van der Waals surface area contributed by atoms with Gasteiger partial charge in [-0.2, -0.15) is 0 Å². The van der Waals surface area contributed by atoms with Gasteiger partial charge in [-0.15, -0.1) is 0 Å². The second-order valence-electron chi connectivity index (χ2n) is 4.20. The van der Waals surface area contributed by atoms with Crippen molar-refractivity contribution in [2.45, 2.75) is 6.92 Å². The van der Waals surface area contributed by atoms with E-state index in [1.54, 1.807) is 25.1 Å². The fourth-order valence-corrected chi connectivity index (χ4v) is 1.91. The zero-order valence-electron chi connectivity index (χ0n) is 10.7. The number of benzene rings is 1. The van der Waals surface area contributed by atoms with Crippen LogP contribution in [0.1, 0.15) is 26.3 Å². The van der Waals surface area contributed by atoms with Crippen molar-refractivity contribution in [3.05, 3.63) is 58.4 Å². The first-order valence-corrected chi connectivity index (χ1v) is 6.18. The van der Waals surface area contributed by atoms with Crippen molar-refractivity contribution in [3.63, 3.8) is 0 Å². The minimum atomic E-state index is -0.511. The summed E-state index contributed by atoms with van der Waals surface area (Å²) in [7, 11) is 0. The molecule has 0 aliphatic carbocycles. The summed E-state index contributed by atoms with van der Waals surface area (Å²) in [6.45, 7) is 1.77. The molecule has 0 saturated carbocycles. The van der Waals surface area contributed by atoms with Gasteiger partial charge in [0, 0.05) is 23.6 Å². The molecule has 2 aromatic rings. The number of anilines is 1. The van der Waals surface area contributed by atoms with Crippen LogP contribution in [0, 0.1) is 6.92 Å². The number of primary amides is 1. The first kappa shape index (κ1) is 14.0. The summed E-state index contributed by atoms with van der Waals surface area (Å²) in [5.74, 6) is -0.851. The lowest BCUT2D eigenvalue weighted by Crippen LogP contribution is -2.15. The summed E-state index contributed by atoms with van der Waals surface area (Å²) in [6, 6.07) is 6.33. The number of hydrogen-bond donors (Lipinski definition) is 2. The maximum absolute atomic E-state index is 12.1. The molecule has 0 atom stereocenters. The molecular formula is C14H12ClN3O2. The molecule has 6 heteroatoms. The fraction of sp³-hybridized carbons (Fsp3) is 0.0714. The maximum Gasteiger partial charge on any atom is 0.257 e. The summed E-state index contributed by atoms with van der Waals surface area (Å²) in [4.78, 5) is 27.0. The Morgan fingerprint density at radius 1 is 1.30 bits per heavy atom. The molecule has 0 aliphatic heterocycles. The molecular weight excluding hydrogens is 278 g/mol. The zero-order valence-corrected chi connectivity index (χ0v) is 11.4. The predicted octanol–water partition coefficient (Wildman–Crippen LogP) is 2.39. The third kappa shape index (κ3) is 2.95. The minimum Gasteiger partial charge on any atom is -0.366 e. The lowest BCUT2D eigenvalue weighted by atomic mass is 10.1. The van der Waals surface area contributed by atoms with Crippen LogP contribution in [0.4, 0.5) is 5.69 Å². The van der Waals surface area contributed by atoms with Gasteiger partial charge >= 0.3 is 0 Å². The van der Waals surface area contributed by atoms with E-state index in [1.165, 1.54) is 18.5 Å². The number of halogens is 1. The van der Waals surface area contributed by atoms with Gasteiger partial charge in [-0.05, 0) is 36.8 Å². The molecule has 1 aromatic carbocycles. The van der Waals surface area contributed by atoms with Crippen molar-refractivity contribution >= 4 is 29.1 Å². The molecule has 2 amide bonds. The molecule has 1 heterocycles. The van der Waals surface area contributed by atoms with E-state index in [0.29, 0.717) is 16.8 Å². The largest absolute Gasteiger partial charge is 0.366 e. The van der Waals surface area contributed by atoms with Crippen molar-refractivity contribution in [1.82, 2.24) is 4.98 Å². The highest BCUT2D eigenvalue weighted by molar-refractivity contribution is 6.34. The third-order valence-electron chi connectivity index (χ3n) is 2.78. The van der Waals surface area contributed by atoms with E-state index in [2.05, 4.69) is 10.3 Å². The van der Waals surface area contributed by atoms with E-state index in [1.807, 2.05) is 0 Å². The van der Waals surface area contributed by atoms with Gasteiger partial charge in [-0.25, -0.2) is 0 Å². The Bertz CT molecular complexity index is 686. The molecule has 0 saturated heterocycles.